The van der Waals surface area contributed by atoms with Crippen LogP contribution in [0, 0.1) is 5.92 Å². The molecule has 144 valence electrons. The second-order valence-corrected chi connectivity index (χ2v) is 8.29. The van der Waals surface area contributed by atoms with Crippen molar-refractivity contribution in [2.45, 2.75) is 39.5 Å². The molecule has 7 heteroatoms. The minimum absolute atomic E-state index is 0.394. The zero-order chi connectivity index (χ0) is 19.0. The van der Waals surface area contributed by atoms with Crippen LogP contribution in [0.25, 0.3) is 6.08 Å². The fourth-order valence-electron chi connectivity index (χ4n) is 2.77. The lowest BCUT2D eigenvalue weighted by atomic mass is 10.0. The number of ether oxygens (including phenoxy) is 1. The zero-order valence-electron chi connectivity index (χ0n) is 15.5. The predicted molar refractivity (Wildman–Crippen MR) is 103 cm³/mol. The maximum absolute atomic E-state index is 12.1. The third kappa shape index (κ3) is 6.71. The number of nitrogens with zero attached hydrogens (tertiary/aromatic N) is 1. The topological polar surface area (TPSA) is 75.7 Å². The number of hydrogen-bond donors (Lipinski definition) is 1. The number of piperidine rings is 1. The Morgan fingerprint density at radius 3 is 2.73 bits per heavy atom. The van der Waals surface area contributed by atoms with Gasteiger partial charge in [-0.2, -0.15) is 0 Å². The zero-order valence-corrected chi connectivity index (χ0v) is 16.3. The summed E-state index contributed by atoms with van der Waals surface area (Å²) >= 11 is 0. The monoisotopic (exact) mass is 380 g/mol. The van der Waals surface area contributed by atoms with Gasteiger partial charge < -0.3 is 9.64 Å². The van der Waals surface area contributed by atoms with Crippen molar-refractivity contribution in [2.24, 2.45) is 5.92 Å². The van der Waals surface area contributed by atoms with Gasteiger partial charge in [-0.3, -0.25) is 0 Å². The van der Waals surface area contributed by atoms with E-state index in [1.807, 2.05) is 0 Å². The molecule has 0 aliphatic carbocycles. The summed E-state index contributed by atoms with van der Waals surface area (Å²) in [6.07, 6.45) is 5.49. The summed E-state index contributed by atoms with van der Waals surface area (Å²) in [7, 11) is -3.83. The van der Waals surface area contributed by atoms with Gasteiger partial charge in [-0.1, -0.05) is 32.4 Å². The molecular formula is C19H28N2O4S. The van der Waals surface area contributed by atoms with E-state index in [9.17, 15) is 13.2 Å². The van der Waals surface area contributed by atoms with Crippen LogP contribution in [-0.4, -0.2) is 39.0 Å². The lowest BCUT2D eigenvalue weighted by Crippen LogP contribution is -2.46. The van der Waals surface area contributed by atoms with Crippen molar-refractivity contribution in [1.29, 1.82) is 0 Å². The Bertz CT molecular complexity index is 714. The van der Waals surface area contributed by atoms with Crippen LogP contribution in [0.4, 0.5) is 4.79 Å². The molecule has 26 heavy (non-hydrogen) atoms. The first kappa shape index (κ1) is 20.3. The molecule has 0 aromatic heterocycles. The summed E-state index contributed by atoms with van der Waals surface area (Å²) in [5, 5.41) is 1.02. The van der Waals surface area contributed by atoms with Crippen molar-refractivity contribution >= 4 is 22.1 Å². The molecule has 0 spiro atoms. The average Bonchev–Trinajstić information content (AvgIpc) is 2.61. The second kappa shape index (κ2) is 9.62. The van der Waals surface area contributed by atoms with E-state index < -0.39 is 16.1 Å². The first-order valence-corrected chi connectivity index (χ1v) is 10.7. The Hall–Kier alpha value is -2.02. The molecule has 1 aliphatic heterocycles. The van der Waals surface area contributed by atoms with Gasteiger partial charge in [-0.15, -0.1) is 0 Å². The van der Waals surface area contributed by atoms with Crippen molar-refractivity contribution in [1.82, 2.24) is 9.62 Å². The summed E-state index contributed by atoms with van der Waals surface area (Å²) < 4.78 is 31.9. The number of urea groups is 1. The summed E-state index contributed by atoms with van der Waals surface area (Å²) in [4.78, 5) is 13.7. The van der Waals surface area contributed by atoms with Gasteiger partial charge in [0.15, 0.2) is 0 Å². The second-order valence-electron chi connectivity index (χ2n) is 6.72. The van der Waals surface area contributed by atoms with E-state index in [4.69, 9.17) is 4.74 Å². The minimum atomic E-state index is -3.83. The van der Waals surface area contributed by atoms with Gasteiger partial charge in [0.25, 0.3) is 10.0 Å². The van der Waals surface area contributed by atoms with E-state index in [2.05, 4.69) is 18.6 Å². The van der Waals surface area contributed by atoms with Crippen LogP contribution in [0.5, 0.6) is 5.75 Å². The Labute approximate surface area is 156 Å². The quantitative estimate of drug-likeness (QED) is 0.733. The number of nitrogens with one attached hydrogen (secondary N) is 1. The van der Waals surface area contributed by atoms with Crippen molar-refractivity contribution < 1.29 is 17.9 Å². The number of carbonyl (C=O) groups excluding carboxylic acids is 1. The number of sulfonamides is 1. The Balaban J connectivity index is 1.90. The number of amides is 2. The van der Waals surface area contributed by atoms with Crippen LogP contribution >= 0.6 is 0 Å². The van der Waals surface area contributed by atoms with Crippen LogP contribution < -0.4 is 9.46 Å². The van der Waals surface area contributed by atoms with E-state index in [-0.39, 0.29) is 0 Å². The molecule has 1 saturated heterocycles. The molecular weight excluding hydrogens is 352 g/mol. The van der Waals surface area contributed by atoms with Gasteiger partial charge >= 0.3 is 6.03 Å². The highest BCUT2D eigenvalue weighted by atomic mass is 32.2. The van der Waals surface area contributed by atoms with Gasteiger partial charge in [0.1, 0.15) is 5.75 Å². The van der Waals surface area contributed by atoms with Crippen LogP contribution in [0.1, 0.15) is 45.1 Å². The molecule has 1 aromatic carbocycles. The smallest absolute Gasteiger partial charge is 0.331 e. The normalized spacial score (nSPS) is 18.1. The molecule has 1 atom stereocenters. The van der Waals surface area contributed by atoms with E-state index in [1.54, 1.807) is 29.2 Å². The van der Waals surface area contributed by atoms with Gasteiger partial charge in [0, 0.05) is 13.1 Å². The van der Waals surface area contributed by atoms with Gasteiger partial charge in [-0.25, -0.2) is 17.9 Å². The standard InChI is InChI=1S/C19H28N2O4S/c1-3-4-13-25-18-9-7-17(8-10-18)11-14-26(23,24)20-19(22)21-12-5-6-16(2)15-21/h7-11,14,16H,3-6,12-13,15H2,1-2H3,(H,20,22)/b14-11+. The Morgan fingerprint density at radius 1 is 1.35 bits per heavy atom. The summed E-state index contributed by atoms with van der Waals surface area (Å²) in [6.45, 7) is 6.01. The number of benzene rings is 1. The molecule has 2 amide bonds. The number of unbranched alkanes of at least 4 members (excludes halogenated alkanes) is 1. The third-order valence-electron chi connectivity index (χ3n) is 4.26. The van der Waals surface area contributed by atoms with Crippen LogP contribution in [0.2, 0.25) is 0 Å². The number of rotatable bonds is 7. The molecule has 1 unspecified atom stereocenters. The van der Waals surface area contributed by atoms with Crippen molar-refractivity contribution in [3.8, 4) is 5.75 Å². The molecule has 0 bridgehead atoms. The molecule has 1 N–H and O–H groups in total. The molecule has 6 nitrogen and oxygen atoms in total. The average molecular weight is 381 g/mol. The highest BCUT2D eigenvalue weighted by Gasteiger charge is 2.23. The summed E-state index contributed by atoms with van der Waals surface area (Å²) in [6, 6.07) is 6.61. The fourth-order valence-corrected chi connectivity index (χ4v) is 3.55. The van der Waals surface area contributed by atoms with Crippen molar-refractivity contribution in [3.05, 3.63) is 35.2 Å². The molecule has 0 saturated carbocycles. The number of likely N-dealkylation sites (tertiary alicyclic amines) is 1. The highest BCUT2D eigenvalue weighted by Crippen LogP contribution is 2.16. The van der Waals surface area contributed by atoms with E-state index in [0.29, 0.717) is 25.6 Å². The van der Waals surface area contributed by atoms with E-state index in [0.717, 1.165) is 42.4 Å². The maximum Gasteiger partial charge on any atom is 0.331 e. The van der Waals surface area contributed by atoms with Crippen LogP contribution in [0.15, 0.2) is 29.7 Å². The first-order chi connectivity index (χ1) is 12.4. The molecule has 0 radical (unpaired) electrons. The van der Waals surface area contributed by atoms with Gasteiger partial charge in [0.2, 0.25) is 0 Å². The maximum atomic E-state index is 12.1. The third-order valence-corrected chi connectivity index (χ3v) is 5.21. The van der Waals surface area contributed by atoms with E-state index in [1.165, 1.54) is 6.08 Å². The van der Waals surface area contributed by atoms with Crippen molar-refractivity contribution in [2.75, 3.05) is 19.7 Å². The predicted octanol–water partition coefficient (Wildman–Crippen LogP) is 3.61. The summed E-state index contributed by atoms with van der Waals surface area (Å²) in [5.41, 5.74) is 0.720. The van der Waals surface area contributed by atoms with Gasteiger partial charge in [0.05, 0.1) is 12.0 Å². The molecule has 1 aromatic rings. The lowest BCUT2D eigenvalue weighted by Gasteiger charge is -2.30. The fraction of sp³-hybridized carbons (Fsp3) is 0.526. The Kier molecular flexibility index (Phi) is 7.50. The molecule has 1 fully saturated rings. The molecule has 1 aliphatic rings. The largest absolute Gasteiger partial charge is 0.494 e. The minimum Gasteiger partial charge on any atom is -0.494 e. The summed E-state index contributed by atoms with van der Waals surface area (Å²) in [5.74, 6) is 1.15. The van der Waals surface area contributed by atoms with Gasteiger partial charge in [-0.05, 0) is 49.0 Å². The van der Waals surface area contributed by atoms with Crippen molar-refractivity contribution in [3.63, 3.8) is 0 Å². The number of hydrogen-bond acceptors (Lipinski definition) is 4. The van der Waals surface area contributed by atoms with Crippen LogP contribution in [0.3, 0.4) is 0 Å². The SMILES string of the molecule is CCCCOc1ccc(/C=C/S(=O)(=O)NC(=O)N2CCCC(C)C2)cc1. The van der Waals surface area contributed by atoms with Crippen LogP contribution in [-0.2, 0) is 10.0 Å². The number of carbonyl (C=O) groups is 1. The highest BCUT2D eigenvalue weighted by molar-refractivity contribution is 7.93. The van der Waals surface area contributed by atoms with E-state index >= 15 is 0 Å². The Morgan fingerprint density at radius 2 is 2.08 bits per heavy atom. The molecule has 2 rings (SSSR count). The molecule has 1 heterocycles. The lowest BCUT2D eigenvalue weighted by molar-refractivity contribution is 0.175. The first-order valence-electron chi connectivity index (χ1n) is 9.12.